The monoisotopic (exact) mass is 360 g/mol. The Kier molecular flexibility index (Phi) is 5.59. The van der Waals surface area contributed by atoms with Crippen molar-refractivity contribution in [2.24, 2.45) is 5.92 Å². The van der Waals surface area contributed by atoms with E-state index in [1.807, 2.05) is 18.3 Å². The molecular weight excluding hydrogens is 335 g/mol. The van der Waals surface area contributed by atoms with Gasteiger partial charge in [-0.15, -0.1) is 0 Å². The van der Waals surface area contributed by atoms with Crippen molar-refractivity contribution >= 4 is 0 Å². The van der Waals surface area contributed by atoms with E-state index in [1.165, 1.54) is 30.9 Å². The quantitative estimate of drug-likeness (QED) is 0.610. The summed E-state index contributed by atoms with van der Waals surface area (Å²) in [7, 11) is 0. The Morgan fingerprint density at radius 2 is 1.63 bits per heavy atom. The maximum atomic E-state index is 14.0. The number of aromatic nitrogens is 1. The van der Waals surface area contributed by atoms with Crippen LogP contribution in [0.3, 0.4) is 0 Å². The fourth-order valence-corrected chi connectivity index (χ4v) is 3.97. The highest BCUT2D eigenvalue weighted by Gasteiger charge is 2.19. The number of pyridine rings is 1. The van der Waals surface area contributed by atoms with Crippen molar-refractivity contribution in [3.63, 3.8) is 0 Å². The number of likely N-dealkylation sites (tertiary alicyclic amines) is 1. The number of hydrogen-bond donors (Lipinski definition) is 0. The fraction of sp³-hybridized carbons (Fsp3) is 0.292. The smallest absolute Gasteiger partial charge is 0.131 e. The zero-order valence-corrected chi connectivity index (χ0v) is 15.5. The van der Waals surface area contributed by atoms with Gasteiger partial charge in [-0.25, -0.2) is 4.39 Å². The van der Waals surface area contributed by atoms with Crippen LogP contribution in [0.15, 0.2) is 73.1 Å². The van der Waals surface area contributed by atoms with Crippen LogP contribution in [0.25, 0.3) is 11.1 Å². The molecule has 138 valence electrons. The second kappa shape index (κ2) is 8.45. The molecule has 0 bridgehead atoms. The third-order valence-electron chi connectivity index (χ3n) is 5.46. The Labute approximate surface area is 160 Å². The van der Waals surface area contributed by atoms with Gasteiger partial charge >= 0.3 is 0 Å². The highest BCUT2D eigenvalue weighted by molar-refractivity contribution is 5.63. The Hall–Kier alpha value is -2.52. The lowest BCUT2D eigenvalue weighted by atomic mass is 9.90. The summed E-state index contributed by atoms with van der Waals surface area (Å²) < 4.78 is 14.0. The second-order valence-corrected chi connectivity index (χ2v) is 7.47. The zero-order chi connectivity index (χ0) is 18.5. The topological polar surface area (TPSA) is 16.1 Å². The van der Waals surface area contributed by atoms with Crippen molar-refractivity contribution in [3.05, 3.63) is 90.0 Å². The van der Waals surface area contributed by atoms with Crippen molar-refractivity contribution in [1.82, 2.24) is 9.88 Å². The van der Waals surface area contributed by atoms with Gasteiger partial charge in [-0.2, -0.15) is 0 Å². The number of benzene rings is 2. The number of nitrogens with zero attached hydrogens (tertiary/aromatic N) is 2. The van der Waals surface area contributed by atoms with Crippen LogP contribution < -0.4 is 0 Å². The molecule has 0 radical (unpaired) electrons. The molecule has 0 N–H and O–H groups in total. The summed E-state index contributed by atoms with van der Waals surface area (Å²) in [5, 5.41) is 0. The summed E-state index contributed by atoms with van der Waals surface area (Å²) in [6.45, 7) is 3.11. The van der Waals surface area contributed by atoms with E-state index >= 15 is 0 Å². The summed E-state index contributed by atoms with van der Waals surface area (Å²) in [5.41, 5.74) is 4.06. The number of piperidine rings is 1. The van der Waals surface area contributed by atoms with Crippen molar-refractivity contribution in [3.8, 4) is 11.1 Å². The highest BCUT2D eigenvalue weighted by Crippen LogP contribution is 2.25. The third-order valence-corrected chi connectivity index (χ3v) is 5.46. The first-order chi connectivity index (χ1) is 13.3. The molecule has 2 nitrogen and oxygen atoms in total. The molecule has 3 heteroatoms. The lowest BCUT2D eigenvalue weighted by molar-refractivity contribution is 0.177. The van der Waals surface area contributed by atoms with Gasteiger partial charge in [-0.1, -0.05) is 48.5 Å². The second-order valence-electron chi connectivity index (χ2n) is 7.47. The van der Waals surface area contributed by atoms with Gasteiger partial charge in [0.1, 0.15) is 5.82 Å². The van der Waals surface area contributed by atoms with Gasteiger partial charge in [0.15, 0.2) is 0 Å². The first kappa shape index (κ1) is 17.9. The predicted molar refractivity (Wildman–Crippen MR) is 108 cm³/mol. The van der Waals surface area contributed by atoms with Gasteiger partial charge in [0.25, 0.3) is 0 Å². The standard InChI is InChI=1S/C24H25FN2/c25-24-9-5-4-8-23(24)22-15-21(16-26-17-22)18-27-12-10-20(11-13-27)14-19-6-2-1-3-7-19/h1-9,15-17,20H,10-14,18H2. The van der Waals surface area contributed by atoms with Crippen molar-refractivity contribution in [2.45, 2.75) is 25.8 Å². The normalized spacial score (nSPS) is 15.7. The Bertz CT molecular complexity index is 870. The predicted octanol–water partition coefficient (Wildman–Crippen LogP) is 5.34. The Morgan fingerprint density at radius 1 is 0.889 bits per heavy atom. The summed E-state index contributed by atoms with van der Waals surface area (Å²) in [5.74, 6) is 0.574. The summed E-state index contributed by atoms with van der Waals surface area (Å²) in [6, 6.07) is 19.7. The minimum absolute atomic E-state index is 0.196. The molecule has 0 saturated carbocycles. The number of rotatable bonds is 5. The lowest BCUT2D eigenvalue weighted by Gasteiger charge is -2.32. The summed E-state index contributed by atoms with van der Waals surface area (Å²) in [4.78, 5) is 6.83. The van der Waals surface area contributed by atoms with E-state index in [1.54, 1.807) is 12.3 Å². The maximum absolute atomic E-state index is 14.0. The average molecular weight is 360 g/mol. The minimum Gasteiger partial charge on any atom is -0.299 e. The van der Waals surface area contributed by atoms with Crippen LogP contribution in [0.2, 0.25) is 0 Å². The van der Waals surface area contributed by atoms with Crippen LogP contribution in [-0.2, 0) is 13.0 Å². The molecule has 0 amide bonds. The zero-order valence-electron chi connectivity index (χ0n) is 15.5. The molecule has 1 aromatic heterocycles. The van der Waals surface area contributed by atoms with Crippen molar-refractivity contribution in [1.29, 1.82) is 0 Å². The Balaban J connectivity index is 1.35. The van der Waals surface area contributed by atoms with E-state index in [-0.39, 0.29) is 5.82 Å². The molecule has 1 aliphatic rings. The van der Waals surface area contributed by atoms with E-state index in [0.29, 0.717) is 5.56 Å². The van der Waals surface area contributed by atoms with Gasteiger partial charge in [0.2, 0.25) is 0 Å². The fourth-order valence-electron chi connectivity index (χ4n) is 3.97. The molecule has 0 atom stereocenters. The molecule has 3 aromatic rings. The molecule has 0 aliphatic carbocycles. The number of hydrogen-bond acceptors (Lipinski definition) is 2. The molecule has 4 rings (SSSR count). The van der Waals surface area contributed by atoms with E-state index in [9.17, 15) is 4.39 Å². The SMILES string of the molecule is Fc1ccccc1-c1cncc(CN2CCC(Cc3ccccc3)CC2)c1. The highest BCUT2D eigenvalue weighted by atomic mass is 19.1. The first-order valence-electron chi connectivity index (χ1n) is 9.73. The van der Waals surface area contributed by atoms with Crippen LogP contribution >= 0.6 is 0 Å². The summed E-state index contributed by atoms with van der Waals surface area (Å²) in [6.07, 6.45) is 7.29. The molecular formula is C24H25FN2. The average Bonchev–Trinajstić information content (AvgIpc) is 2.71. The summed E-state index contributed by atoms with van der Waals surface area (Å²) >= 11 is 0. The van der Waals surface area contributed by atoms with Gasteiger partial charge in [0, 0.05) is 30.1 Å². The molecule has 0 unspecified atom stereocenters. The first-order valence-corrected chi connectivity index (χ1v) is 9.73. The van der Waals surface area contributed by atoms with Crippen LogP contribution in [0.1, 0.15) is 24.0 Å². The molecule has 1 aliphatic heterocycles. The van der Waals surface area contributed by atoms with Crippen LogP contribution in [-0.4, -0.2) is 23.0 Å². The lowest BCUT2D eigenvalue weighted by Crippen LogP contribution is -2.33. The van der Waals surface area contributed by atoms with Crippen LogP contribution in [0.4, 0.5) is 4.39 Å². The minimum atomic E-state index is -0.196. The molecule has 1 saturated heterocycles. The largest absolute Gasteiger partial charge is 0.299 e. The Morgan fingerprint density at radius 3 is 2.41 bits per heavy atom. The van der Waals surface area contributed by atoms with Gasteiger partial charge in [-0.3, -0.25) is 9.88 Å². The van der Waals surface area contributed by atoms with E-state index in [0.717, 1.165) is 36.7 Å². The van der Waals surface area contributed by atoms with Crippen molar-refractivity contribution in [2.75, 3.05) is 13.1 Å². The van der Waals surface area contributed by atoms with Crippen LogP contribution in [0, 0.1) is 11.7 Å². The van der Waals surface area contributed by atoms with Crippen LogP contribution in [0.5, 0.6) is 0 Å². The van der Waals surface area contributed by atoms with Gasteiger partial charge in [-0.05, 0) is 61.5 Å². The molecule has 0 spiro atoms. The van der Waals surface area contributed by atoms with Gasteiger partial charge in [0.05, 0.1) is 0 Å². The molecule has 1 fully saturated rings. The maximum Gasteiger partial charge on any atom is 0.131 e. The molecule has 2 aromatic carbocycles. The number of halogens is 1. The molecule has 27 heavy (non-hydrogen) atoms. The molecule has 2 heterocycles. The van der Waals surface area contributed by atoms with Gasteiger partial charge < -0.3 is 0 Å². The third kappa shape index (κ3) is 4.61. The van der Waals surface area contributed by atoms with E-state index in [4.69, 9.17) is 0 Å². The van der Waals surface area contributed by atoms with E-state index in [2.05, 4.69) is 46.3 Å². The van der Waals surface area contributed by atoms with Crippen molar-refractivity contribution < 1.29 is 4.39 Å². The van der Waals surface area contributed by atoms with E-state index < -0.39 is 0 Å².